The molecule has 2 rings (SSSR count). The normalized spacial score (nSPS) is 18.9. The summed E-state index contributed by atoms with van der Waals surface area (Å²) in [4.78, 5) is 5.80. The Balaban J connectivity index is 2.29. The number of halogens is 3. The molecule has 0 fully saturated rings. The molecule has 132 valence electrons. The minimum Gasteiger partial charge on any atom is -0.363 e. The number of hydrogen-bond donors (Lipinski definition) is 1. The molecule has 1 aliphatic rings. The SMILES string of the molecule is C/C=C(/SCC)C(CCC)[C@H]1N=Cc2ccc(C(F)(F)F)cc2N1. The minimum absolute atomic E-state index is 0.170. The Morgan fingerprint density at radius 1 is 1.38 bits per heavy atom. The molecule has 0 bridgehead atoms. The van der Waals surface area contributed by atoms with E-state index >= 15 is 0 Å². The first-order chi connectivity index (χ1) is 11.4. The summed E-state index contributed by atoms with van der Waals surface area (Å²) in [6, 6.07) is 3.75. The van der Waals surface area contributed by atoms with Gasteiger partial charge in [0, 0.05) is 23.4 Å². The van der Waals surface area contributed by atoms with Gasteiger partial charge in [-0.1, -0.05) is 32.4 Å². The molecule has 0 saturated heterocycles. The molecule has 0 aliphatic carbocycles. The van der Waals surface area contributed by atoms with Gasteiger partial charge in [-0.25, -0.2) is 0 Å². The zero-order valence-corrected chi connectivity index (χ0v) is 15.0. The number of benzene rings is 1. The molecule has 24 heavy (non-hydrogen) atoms. The van der Waals surface area contributed by atoms with E-state index in [0.29, 0.717) is 11.3 Å². The van der Waals surface area contributed by atoms with E-state index in [9.17, 15) is 13.2 Å². The van der Waals surface area contributed by atoms with Crippen LogP contribution in [0.15, 0.2) is 34.2 Å². The summed E-state index contributed by atoms with van der Waals surface area (Å²) >= 11 is 1.77. The number of fused-ring (bicyclic) bond motifs is 1. The van der Waals surface area contributed by atoms with Crippen molar-refractivity contribution in [2.45, 2.75) is 46.0 Å². The van der Waals surface area contributed by atoms with Crippen LogP contribution in [0.5, 0.6) is 0 Å². The molecular weight excluding hydrogens is 333 g/mol. The highest BCUT2D eigenvalue weighted by Gasteiger charge is 2.32. The monoisotopic (exact) mass is 356 g/mol. The van der Waals surface area contributed by atoms with Gasteiger partial charge in [-0.05, 0) is 36.1 Å². The summed E-state index contributed by atoms with van der Waals surface area (Å²) in [5.74, 6) is 1.13. The molecule has 1 aromatic carbocycles. The van der Waals surface area contributed by atoms with Crippen molar-refractivity contribution in [2.75, 3.05) is 11.1 Å². The van der Waals surface area contributed by atoms with E-state index in [1.54, 1.807) is 18.0 Å². The number of anilines is 1. The van der Waals surface area contributed by atoms with Gasteiger partial charge in [0.05, 0.1) is 5.56 Å². The third-order valence-corrected chi connectivity index (χ3v) is 5.16. The molecule has 1 aliphatic heterocycles. The Morgan fingerprint density at radius 2 is 2.12 bits per heavy atom. The number of alkyl halides is 3. The summed E-state index contributed by atoms with van der Waals surface area (Å²) < 4.78 is 38.8. The van der Waals surface area contributed by atoms with Gasteiger partial charge < -0.3 is 5.32 Å². The topological polar surface area (TPSA) is 24.4 Å². The third kappa shape index (κ3) is 4.35. The zero-order chi connectivity index (χ0) is 17.7. The Bertz CT molecular complexity index is 623. The van der Waals surface area contributed by atoms with Crippen LogP contribution in [-0.4, -0.2) is 18.1 Å². The molecule has 1 aromatic rings. The molecule has 1 N–H and O–H groups in total. The van der Waals surface area contributed by atoms with Crippen molar-refractivity contribution in [2.24, 2.45) is 10.9 Å². The highest BCUT2D eigenvalue weighted by atomic mass is 32.2. The van der Waals surface area contributed by atoms with Crippen molar-refractivity contribution in [3.05, 3.63) is 40.3 Å². The number of aliphatic imine (C=N–C) groups is 1. The van der Waals surface area contributed by atoms with Gasteiger partial charge in [-0.2, -0.15) is 13.2 Å². The Morgan fingerprint density at radius 3 is 2.71 bits per heavy atom. The fourth-order valence-corrected chi connectivity index (χ4v) is 3.83. The Labute approximate surface area is 145 Å². The van der Waals surface area contributed by atoms with Gasteiger partial charge in [0.2, 0.25) is 0 Å². The van der Waals surface area contributed by atoms with E-state index in [0.717, 1.165) is 24.7 Å². The van der Waals surface area contributed by atoms with Crippen LogP contribution < -0.4 is 5.32 Å². The van der Waals surface area contributed by atoms with Crippen LogP contribution in [0.25, 0.3) is 0 Å². The fourth-order valence-electron chi connectivity index (χ4n) is 2.87. The van der Waals surface area contributed by atoms with E-state index in [4.69, 9.17) is 0 Å². The summed E-state index contributed by atoms with van der Waals surface area (Å²) in [5, 5.41) is 3.22. The summed E-state index contributed by atoms with van der Waals surface area (Å²) in [7, 11) is 0. The lowest BCUT2D eigenvalue weighted by Gasteiger charge is -2.30. The second-order valence-corrected chi connectivity index (χ2v) is 7.02. The average molecular weight is 356 g/mol. The third-order valence-electron chi connectivity index (χ3n) is 4.00. The standard InChI is InChI=1S/C18H23F3N2S/c1-4-7-14(16(5-2)24-6-3)17-22-11-12-8-9-13(18(19,20)21)10-15(12)23-17/h5,8-11,14,17,23H,4,6-7H2,1-3H3/b16-5+/t14?,17-/m0/s1. The predicted octanol–water partition coefficient (Wildman–Crippen LogP) is 5.95. The Hall–Kier alpha value is -1.43. The van der Waals surface area contributed by atoms with Crippen molar-refractivity contribution in [3.8, 4) is 0 Å². The number of allylic oxidation sites excluding steroid dienone is 1. The van der Waals surface area contributed by atoms with Crippen LogP contribution in [-0.2, 0) is 6.18 Å². The van der Waals surface area contributed by atoms with Crippen molar-refractivity contribution < 1.29 is 13.2 Å². The molecule has 0 spiro atoms. The van der Waals surface area contributed by atoms with Gasteiger partial charge in [0.15, 0.2) is 0 Å². The largest absolute Gasteiger partial charge is 0.416 e. The smallest absolute Gasteiger partial charge is 0.363 e. The van der Waals surface area contributed by atoms with E-state index in [-0.39, 0.29) is 12.1 Å². The van der Waals surface area contributed by atoms with Gasteiger partial charge in [-0.15, -0.1) is 11.8 Å². The first kappa shape index (κ1) is 18.9. The maximum atomic E-state index is 12.9. The second-order valence-electron chi connectivity index (χ2n) is 5.69. The van der Waals surface area contributed by atoms with Crippen LogP contribution in [0.2, 0.25) is 0 Å². The van der Waals surface area contributed by atoms with Crippen LogP contribution in [0.3, 0.4) is 0 Å². The van der Waals surface area contributed by atoms with Crippen LogP contribution >= 0.6 is 11.8 Å². The molecule has 2 atom stereocenters. The maximum Gasteiger partial charge on any atom is 0.416 e. The average Bonchev–Trinajstić information content (AvgIpc) is 2.56. The van der Waals surface area contributed by atoms with Crippen LogP contribution in [0, 0.1) is 5.92 Å². The van der Waals surface area contributed by atoms with E-state index in [1.807, 2.05) is 6.92 Å². The van der Waals surface area contributed by atoms with Gasteiger partial charge in [-0.3, -0.25) is 4.99 Å². The summed E-state index contributed by atoms with van der Waals surface area (Å²) in [5.41, 5.74) is 0.562. The van der Waals surface area contributed by atoms with Crippen molar-refractivity contribution in [3.63, 3.8) is 0 Å². The number of hydrogen-bond acceptors (Lipinski definition) is 3. The molecule has 0 aromatic heterocycles. The van der Waals surface area contributed by atoms with Gasteiger partial charge in [0.1, 0.15) is 6.17 Å². The minimum atomic E-state index is -4.34. The first-order valence-corrected chi connectivity index (χ1v) is 9.19. The molecule has 0 saturated carbocycles. The van der Waals surface area contributed by atoms with Crippen LogP contribution in [0.4, 0.5) is 18.9 Å². The highest BCUT2D eigenvalue weighted by Crippen LogP contribution is 2.36. The summed E-state index contributed by atoms with van der Waals surface area (Å²) in [6.07, 6.45) is 1.14. The van der Waals surface area contributed by atoms with E-state index in [2.05, 4.69) is 30.2 Å². The van der Waals surface area contributed by atoms with Crippen molar-refractivity contribution in [1.29, 1.82) is 0 Å². The number of nitrogens with zero attached hydrogens (tertiary/aromatic N) is 1. The lowest BCUT2D eigenvalue weighted by molar-refractivity contribution is -0.137. The number of rotatable bonds is 6. The quantitative estimate of drug-likeness (QED) is 0.681. The lowest BCUT2D eigenvalue weighted by atomic mass is 9.97. The number of nitrogens with one attached hydrogen (secondary N) is 1. The lowest BCUT2D eigenvalue weighted by Crippen LogP contribution is -2.31. The molecule has 1 heterocycles. The molecule has 6 heteroatoms. The number of thioether (sulfide) groups is 1. The summed E-state index contributed by atoms with van der Waals surface area (Å²) in [6.45, 7) is 6.21. The maximum absolute atomic E-state index is 12.9. The van der Waals surface area contributed by atoms with Crippen molar-refractivity contribution in [1.82, 2.24) is 0 Å². The molecular formula is C18H23F3N2S. The van der Waals surface area contributed by atoms with Crippen molar-refractivity contribution >= 4 is 23.7 Å². The Kier molecular flexibility index (Phi) is 6.38. The van der Waals surface area contributed by atoms with Gasteiger partial charge in [0.25, 0.3) is 0 Å². The fraction of sp³-hybridized carbons (Fsp3) is 0.500. The molecule has 2 nitrogen and oxygen atoms in total. The predicted molar refractivity (Wildman–Crippen MR) is 96.7 cm³/mol. The molecule has 1 unspecified atom stereocenters. The zero-order valence-electron chi connectivity index (χ0n) is 14.2. The van der Waals surface area contributed by atoms with Crippen LogP contribution in [0.1, 0.15) is 44.7 Å². The first-order valence-electron chi connectivity index (χ1n) is 8.20. The highest BCUT2D eigenvalue weighted by molar-refractivity contribution is 8.03. The molecule has 0 amide bonds. The molecule has 0 radical (unpaired) electrons. The van der Waals surface area contributed by atoms with E-state index < -0.39 is 11.7 Å². The van der Waals surface area contributed by atoms with E-state index in [1.165, 1.54) is 17.0 Å². The second kappa shape index (κ2) is 8.10. The van der Waals surface area contributed by atoms with Gasteiger partial charge >= 0.3 is 6.18 Å².